The Balaban J connectivity index is 2.02. The van der Waals surface area contributed by atoms with E-state index in [9.17, 15) is 0 Å². The van der Waals surface area contributed by atoms with Crippen molar-refractivity contribution < 1.29 is 0 Å². The molecule has 88 valence electrons. The Morgan fingerprint density at radius 2 is 1.00 bits per heavy atom. The van der Waals surface area contributed by atoms with Crippen LogP contribution in [0, 0.1) is 0 Å². The van der Waals surface area contributed by atoms with Crippen LogP contribution in [0.25, 0.3) is 0 Å². The molecule has 0 bridgehead atoms. The minimum atomic E-state index is 0.383. The quantitative estimate of drug-likeness (QED) is 0.623. The van der Waals surface area contributed by atoms with Gasteiger partial charge in [-0.3, -0.25) is 0 Å². The van der Waals surface area contributed by atoms with Gasteiger partial charge in [-0.25, -0.2) is 0 Å². The van der Waals surface area contributed by atoms with Crippen molar-refractivity contribution in [3.05, 3.63) is 71.8 Å². The van der Waals surface area contributed by atoms with Gasteiger partial charge in [-0.15, -0.1) is 0 Å². The van der Waals surface area contributed by atoms with Crippen LogP contribution in [-0.2, 0) is 0 Å². The predicted octanol–water partition coefficient (Wildman–Crippen LogP) is 5.65. The molecule has 0 amide bonds. The smallest absolute Gasteiger partial charge is 0.0409 e. The zero-order chi connectivity index (χ0) is 12.1. The summed E-state index contributed by atoms with van der Waals surface area (Å²) in [6, 6.07) is 21.0. The van der Waals surface area contributed by atoms with Crippen LogP contribution in [-0.4, -0.2) is 0 Å². The molecule has 0 fully saturated rings. The number of benzene rings is 2. The molecule has 0 radical (unpaired) electrons. The summed E-state index contributed by atoms with van der Waals surface area (Å²) in [7, 11) is 0. The standard InChI is InChI=1S/C15H14Br2/c16-14(12-7-3-1-4-8-12)11-15(17)13-9-5-2-6-10-13/h1-10,14-15H,11H2. The second kappa shape index (κ2) is 6.36. The molecule has 0 spiro atoms. The van der Waals surface area contributed by atoms with E-state index < -0.39 is 0 Å². The molecule has 0 saturated heterocycles. The minimum Gasteiger partial charge on any atom is -0.0838 e. The number of halogens is 2. The van der Waals surface area contributed by atoms with E-state index in [1.165, 1.54) is 11.1 Å². The van der Waals surface area contributed by atoms with Crippen LogP contribution in [0.4, 0.5) is 0 Å². The van der Waals surface area contributed by atoms with Crippen LogP contribution in [0.15, 0.2) is 60.7 Å². The first kappa shape index (κ1) is 12.8. The Morgan fingerprint density at radius 1 is 0.647 bits per heavy atom. The van der Waals surface area contributed by atoms with Crippen LogP contribution in [0.5, 0.6) is 0 Å². The Hall–Kier alpha value is -0.600. The van der Waals surface area contributed by atoms with Crippen LogP contribution < -0.4 is 0 Å². The van der Waals surface area contributed by atoms with E-state index in [4.69, 9.17) is 0 Å². The lowest BCUT2D eigenvalue weighted by atomic mass is 10.0. The molecule has 2 atom stereocenters. The molecule has 2 aromatic rings. The van der Waals surface area contributed by atoms with E-state index in [1.54, 1.807) is 0 Å². The van der Waals surface area contributed by atoms with Gasteiger partial charge in [-0.1, -0.05) is 92.5 Å². The lowest BCUT2D eigenvalue weighted by molar-refractivity contribution is 0.806. The average Bonchev–Trinajstić information content (AvgIpc) is 2.40. The van der Waals surface area contributed by atoms with E-state index in [0.717, 1.165) is 6.42 Å². The highest BCUT2D eigenvalue weighted by Crippen LogP contribution is 2.37. The molecule has 2 heteroatoms. The fourth-order valence-electron chi connectivity index (χ4n) is 1.78. The molecule has 0 heterocycles. The first-order valence-corrected chi connectivity index (χ1v) is 7.48. The van der Waals surface area contributed by atoms with Gasteiger partial charge >= 0.3 is 0 Å². The van der Waals surface area contributed by atoms with Crippen molar-refractivity contribution in [2.24, 2.45) is 0 Å². The van der Waals surface area contributed by atoms with Crippen molar-refractivity contribution in [1.82, 2.24) is 0 Å². The van der Waals surface area contributed by atoms with Gasteiger partial charge in [-0.2, -0.15) is 0 Å². The lowest BCUT2D eigenvalue weighted by Gasteiger charge is -2.15. The third-order valence-electron chi connectivity index (χ3n) is 2.74. The van der Waals surface area contributed by atoms with Crippen molar-refractivity contribution in [3.63, 3.8) is 0 Å². The Kier molecular flexibility index (Phi) is 4.81. The van der Waals surface area contributed by atoms with Crippen molar-refractivity contribution in [3.8, 4) is 0 Å². The lowest BCUT2D eigenvalue weighted by Crippen LogP contribution is -1.96. The second-order valence-electron chi connectivity index (χ2n) is 3.99. The average molecular weight is 354 g/mol. The Morgan fingerprint density at radius 3 is 1.35 bits per heavy atom. The summed E-state index contributed by atoms with van der Waals surface area (Å²) in [5.74, 6) is 0. The zero-order valence-electron chi connectivity index (χ0n) is 9.39. The van der Waals surface area contributed by atoms with Crippen molar-refractivity contribution in [2.75, 3.05) is 0 Å². The third kappa shape index (κ3) is 3.68. The Bertz CT molecular complexity index is 395. The van der Waals surface area contributed by atoms with Gasteiger partial charge in [0.2, 0.25) is 0 Å². The molecule has 0 aliphatic heterocycles. The molecule has 0 N–H and O–H groups in total. The summed E-state index contributed by atoms with van der Waals surface area (Å²) in [5.41, 5.74) is 2.65. The molecule has 2 aromatic carbocycles. The number of alkyl halides is 2. The van der Waals surface area contributed by atoms with Gasteiger partial charge < -0.3 is 0 Å². The first-order valence-electron chi connectivity index (χ1n) is 5.65. The normalized spacial score (nSPS) is 14.2. The van der Waals surface area contributed by atoms with E-state index in [2.05, 4.69) is 80.4 Å². The second-order valence-corrected chi connectivity index (χ2v) is 6.20. The maximum absolute atomic E-state index is 3.75. The van der Waals surface area contributed by atoms with Gasteiger partial charge in [0.1, 0.15) is 0 Å². The molecule has 2 unspecified atom stereocenters. The van der Waals surface area contributed by atoms with Crippen molar-refractivity contribution >= 4 is 31.9 Å². The highest BCUT2D eigenvalue weighted by Gasteiger charge is 2.14. The number of hydrogen-bond donors (Lipinski definition) is 0. The molecule has 0 nitrogen and oxygen atoms in total. The van der Waals surface area contributed by atoms with E-state index in [1.807, 2.05) is 12.1 Å². The highest BCUT2D eigenvalue weighted by molar-refractivity contribution is 9.09. The van der Waals surface area contributed by atoms with E-state index in [0.29, 0.717) is 9.65 Å². The van der Waals surface area contributed by atoms with Crippen LogP contribution in [0.2, 0.25) is 0 Å². The molecule has 0 aliphatic carbocycles. The number of hydrogen-bond acceptors (Lipinski definition) is 0. The van der Waals surface area contributed by atoms with E-state index >= 15 is 0 Å². The number of rotatable bonds is 4. The van der Waals surface area contributed by atoms with Gasteiger partial charge in [0.25, 0.3) is 0 Å². The summed E-state index contributed by atoms with van der Waals surface area (Å²) < 4.78 is 0. The molecule has 0 saturated carbocycles. The molecule has 0 aliphatic rings. The summed E-state index contributed by atoms with van der Waals surface area (Å²) in [6.45, 7) is 0. The minimum absolute atomic E-state index is 0.383. The van der Waals surface area contributed by atoms with Crippen LogP contribution in [0.3, 0.4) is 0 Å². The monoisotopic (exact) mass is 352 g/mol. The molecular formula is C15H14Br2. The van der Waals surface area contributed by atoms with Gasteiger partial charge in [-0.05, 0) is 17.5 Å². The topological polar surface area (TPSA) is 0 Å². The first-order chi connectivity index (χ1) is 8.27. The highest BCUT2D eigenvalue weighted by atomic mass is 79.9. The molecule has 0 aromatic heterocycles. The third-order valence-corrected chi connectivity index (χ3v) is 4.54. The van der Waals surface area contributed by atoms with Gasteiger partial charge in [0, 0.05) is 9.65 Å². The summed E-state index contributed by atoms with van der Waals surface area (Å²) >= 11 is 7.51. The summed E-state index contributed by atoms with van der Waals surface area (Å²) in [4.78, 5) is 0.765. The zero-order valence-corrected chi connectivity index (χ0v) is 12.6. The fraction of sp³-hybridized carbons (Fsp3) is 0.200. The van der Waals surface area contributed by atoms with Crippen LogP contribution in [0.1, 0.15) is 27.2 Å². The predicted molar refractivity (Wildman–Crippen MR) is 80.8 cm³/mol. The molecule has 17 heavy (non-hydrogen) atoms. The summed E-state index contributed by atoms with van der Waals surface area (Å²) in [5, 5.41) is 0. The summed E-state index contributed by atoms with van der Waals surface area (Å²) in [6.07, 6.45) is 1.04. The van der Waals surface area contributed by atoms with Gasteiger partial charge in [0.05, 0.1) is 0 Å². The van der Waals surface area contributed by atoms with Crippen LogP contribution >= 0.6 is 31.9 Å². The van der Waals surface area contributed by atoms with Crippen molar-refractivity contribution in [2.45, 2.75) is 16.1 Å². The maximum Gasteiger partial charge on any atom is 0.0409 e. The fourth-order valence-corrected chi connectivity index (χ4v) is 3.64. The largest absolute Gasteiger partial charge is 0.0838 e. The van der Waals surface area contributed by atoms with Crippen molar-refractivity contribution in [1.29, 1.82) is 0 Å². The SMILES string of the molecule is BrC(CC(Br)c1ccccc1)c1ccccc1. The Labute approximate surface area is 119 Å². The maximum atomic E-state index is 3.75. The van der Waals surface area contributed by atoms with Gasteiger partial charge in [0.15, 0.2) is 0 Å². The molecular weight excluding hydrogens is 340 g/mol. The molecule has 2 rings (SSSR count). The van der Waals surface area contributed by atoms with E-state index in [-0.39, 0.29) is 0 Å².